The van der Waals surface area contributed by atoms with Crippen LogP contribution in [0.15, 0.2) is 33.3 Å². The number of benzene rings is 1. The smallest absolute Gasteiger partial charge is 0.276 e. The van der Waals surface area contributed by atoms with Gasteiger partial charge in [0.1, 0.15) is 5.76 Å². The van der Waals surface area contributed by atoms with E-state index in [1.54, 1.807) is 6.07 Å². The van der Waals surface area contributed by atoms with Crippen LogP contribution in [0.5, 0.6) is 11.5 Å². The lowest BCUT2D eigenvalue weighted by Gasteiger charge is -2.23. The zero-order chi connectivity index (χ0) is 19.3. The molecule has 1 saturated heterocycles. The van der Waals surface area contributed by atoms with Gasteiger partial charge >= 0.3 is 0 Å². The predicted molar refractivity (Wildman–Crippen MR) is 97.1 cm³/mol. The average molecular weight is 381 g/mol. The highest BCUT2D eigenvalue weighted by atomic mass is 16.7. The third kappa shape index (κ3) is 2.64. The third-order valence-corrected chi connectivity index (χ3v) is 5.32. The van der Waals surface area contributed by atoms with Crippen molar-refractivity contribution >= 4 is 5.91 Å². The highest BCUT2D eigenvalue weighted by Gasteiger charge is 2.35. The highest BCUT2D eigenvalue weighted by Crippen LogP contribution is 2.38. The zero-order valence-corrected chi connectivity index (χ0v) is 15.6. The number of rotatable bonds is 3. The first-order valence-electron chi connectivity index (χ1n) is 9.22. The Hall–Kier alpha value is -3.29. The first-order chi connectivity index (χ1) is 13.6. The molecule has 2 aliphatic heterocycles. The van der Waals surface area contributed by atoms with Crippen LogP contribution < -0.4 is 9.47 Å². The van der Waals surface area contributed by atoms with E-state index in [2.05, 4.69) is 10.3 Å². The number of fused-ring (bicyclic) bond motifs is 1. The van der Waals surface area contributed by atoms with Crippen LogP contribution in [0.4, 0.5) is 0 Å². The molecule has 28 heavy (non-hydrogen) atoms. The van der Waals surface area contributed by atoms with Crippen LogP contribution in [-0.4, -0.2) is 34.5 Å². The number of nitrogens with zero attached hydrogens (tertiary/aromatic N) is 3. The monoisotopic (exact) mass is 381 g/mol. The van der Waals surface area contributed by atoms with Gasteiger partial charge in [-0.25, -0.2) is 0 Å². The van der Waals surface area contributed by atoms with Crippen molar-refractivity contribution in [2.45, 2.75) is 32.7 Å². The molecule has 2 aliphatic rings. The van der Waals surface area contributed by atoms with E-state index in [1.807, 2.05) is 36.9 Å². The lowest BCUT2D eigenvalue weighted by Crippen LogP contribution is -2.31. The number of aromatic nitrogens is 2. The molecule has 1 atom stereocenters. The fourth-order valence-corrected chi connectivity index (χ4v) is 3.98. The maximum atomic E-state index is 13.1. The fourth-order valence-electron chi connectivity index (χ4n) is 3.98. The Kier molecular flexibility index (Phi) is 3.85. The SMILES string of the molecule is Cc1noc(C)c1[C@@H]1CCCN1C(=O)c1cc(-c2ccc3c(c2)OCO3)on1. The van der Waals surface area contributed by atoms with E-state index in [9.17, 15) is 4.79 Å². The quantitative estimate of drug-likeness (QED) is 0.684. The molecule has 0 spiro atoms. The van der Waals surface area contributed by atoms with Gasteiger partial charge in [0.15, 0.2) is 23.0 Å². The van der Waals surface area contributed by atoms with Gasteiger partial charge in [-0.1, -0.05) is 10.3 Å². The van der Waals surface area contributed by atoms with Gasteiger partial charge in [0.05, 0.1) is 11.7 Å². The number of amides is 1. The molecule has 1 amide bonds. The predicted octanol–water partition coefficient (Wildman–Crippen LogP) is 3.65. The lowest BCUT2D eigenvalue weighted by molar-refractivity contribution is 0.0724. The molecule has 8 heteroatoms. The molecule has 0 aliphatic carbocycles. The minimum Gasteiger partial charge on any atom is -0.454 e. The number of hydrogen-bond donors (Lipinski definition) is 0. The summed E-state index contributed by atoms with van der Waals surface area (Å²) in [7, 11) is 0. The number of likely N-dealkylation sites (tertiary alicyclic amines) is 1. The van der Waals surface area contributed by atoms with Gasteiger partial charge in [0, 0.05) is 23.7 Å². The minimum absolute atomic E-state index is 0.0514. The molecular formula is C20H19N3O5. The van der Waals surface area contributed by atoms with Crippen molar-refractivity contribution < 1.29 is 23.3 Å². The summed E-state index contributed by atoms with van der Waals surface area (Å²) in [6.07, 6.45) is 1.80. The van der Waals surface area contributed by atoms with Gasteiger partial charge in [-0.05, 0) is 44.9 Å². The van der Waals surface area contributed by atoms with Crippen LogP contribution in [-0.2, 0) is 0 Å². The maximum absolute atomic E-state index is 13.1. The summed E-state index contributed by atoms with van der Waals surface area (Å²) in [5.41, 5.74) is 2.87. The number of carbonyl (C=O) groups excluding carboxylic acids is 1. The van der Waals surface area contributed by atoms with E-state index in [-0.39, 0.29) is 24.4 Å². The molecule has 4 heterocycles. The van der Waals surface area contributed by atoms with Gasteiger partial charge in [0.25, 0.3) is 5.91 Å². The van der Waals surface area contributed by atoms with E-state index in [1.165, 1.54) is 0 Å². The van der Waals surface area contributed by atoms with Crippen LogP contribution in [0.3, 0.4) is 0 Å². The molecule has 0 bridgehead atoms. The van der Waals surface area contributed by atoms with Crippen LogP contribution in [0.25, 0.3) is 11.3 Å². The van der Waals surface area contributed by atoms with Crippen molar-refractivity contribution in [1.29, 1.82) is 0 Å². The van der Waals surface area contributed by atoms with Crippen molar-refractivity contribution in [3.8, 4) is 22.8 Å². The first-order valence-corrected chi connectivity index (χ1v) is 9.22. The molecule has 0 saturated carbocycles. The Morgan fingerprint density at radius 2 is 1.96 bits per heavy atom. The summed E-state index contributed by atoms with van der Waals surface area (Å²) in [5, 5.41) is 8.04. The largest absolute Gasteiger partial charge is 0.454 e. The van der Waals surface area contributed by atoms with Gasteiger partial charge < -0.3 is 23.4 Å². The first kappa shape index (κ1) is 16.9. The molecular weight excluding hydrogens is 362 g/mol. The highest BCUT2D eigenvalue weighted by molar-refractivity contribution is 5.93. The summed E-state index contributed by atoms with van der Waals surface area (Å²) in [5.74, 6) is 2.45. The lowest BCUT2D eigenvalue weighted by atomic mass is 10.0. The van der Waals surface area contributed by atoms with Crippen molar-refractivity contribution in [1.82, 2.24) is 15.2 Å². The van der Waals surface area contributed by atoms with Crippen LogP contribution in [0.1, 0.15) is 46.4 Å². The van der Waals surface area contributed by atoms with Crippen molar-refractivity contribution in [2.75, 3.05) is 13.3 Å². The average Bonchev–Trinajstić information content (AvgIpc) is 3.47. The molecule has 2 aromatic heterocycles. The van der Waals surface area contributed by atoms with Gasteiger partial charge in [-0.3, -0.25) is 4.79 Å². The molecule has 8 nitrogen and oxygen atoms in total. The Bertz CT molecular complexity index is 1030. The number of carbonyl (C=O) groups is 1. The van der Waals surface area contributed by atoms with Crippen molar-refractivity contribution in [3.63, 3.8) is 0 Å². The Morgan fingerprint density at radius 3 is 2.79 bits per heavy atom. The Balaban J connectivity index is 1.42. The van der Waals surface area contributed by atoms with E-state index in [0.717, 1.165) is 35.4 Å². The number of aryl methyl sites for hydroxylation is 2. The summed E-state index contributed by atoms with van der Waals surface area (Å²) in [4.78, 5) is 14.9. The topological polar surface area (TPSA) is 90.8 Å². The number of hydrogen-bond acceptors (Lipinski definition) is 7. The van der Waals surface area contributed by atoms with E-state index in [4.69, 9.17) is 18.5 Å². The standard InChI is InChI=1S/C20H19N3O5/c1-11-19(12(2)27-21-11)15-4-3-7-23(15)20(24)14-9-17(28-22-14)13-5-6-16-18(8-13)26-10-25-16/h5-6,8-9,15H,3-4,7,10H2,1-2H3/t15-/m0/s1. The van der Waals surface area contributed by atoms with Crippen molar-refractivity contribution in [2.24, 2.45) is 0 Å². The molecule has 144 valence electrons. The van der Waals surface area contributed by atoms with Crippen molar-refractivity contribution in [3.05, 3.63) is 47.0 Å². The second kappa shape index (κ2) is 6.40. The van der Waals surface area contributed by atoms with Gasteiger partial charge in [-0.2, -0.15) is 0 Å². The summed E-state index contributed by atoms with van der Waals surface area (Å²) >= 11 is 0. The van der Waals surface area contributed by atoms with Crippen LogP contribution in [0.2, 0.25) is 0 Å². The summed E-state index contributed by atoms with van der Waals surface area (Å²) in [6, 6.07) is 7.10. The molecule has 1 fully saturated rings. The summed E-state index contributed by atoms with van der Waals surface area (Å²) in [6.45, 7) is 4.65. The Morgan fingerprint density at radius 1 is 1.11 bits per heavy atom. The second-order valence-corrected chi connectivity index (χ2v) is 7.04. The molecule has 0 N–H and O–H groups in total. The molecule has 0 unspecified atom stereocenters. The zero-order valence-electron chi connectivity index (χ0n) is 15.6. The molecule has 1 aromatic carbocycles. The van der Waals surface area contributed by atoms with E-state index >= 15 is 0 Å². The van der Waals surface area contributed by atoms with Gasteiger partial charge in [0.2, 0.25) is 6.79 Å². The molecule has 5 rings (SSSR count). The Labute approximate surface area is 161 Å². The van der Waals surface area contributed by atoms with E-state index < -0.39 is 0 Å². The minimum atomic E-state index is -0.154. The van der Waals surface area contributed by atoms with Crippen LogP contribution in [0, 0.1) is 13.8 Å². The second-order valence-electron chi connectivity index (χ2n) is 7.04. The molecule has 3 aromatic rings. The van der Waals surface area contributed by atoms with Crippen LogP contribution >= 0.6 is 0 Å². The number of ether oxygens (including phenoxy) is 2. The normalized spacial score (nSPS) is 18.1. The summed E-state index contributed by atoms with van der Waals surface area (Å²) < 4.78 is 21.5. The maximum Gasteiger partial charge on any atom is 0.276 e. The van der Waals surface area contributed by atoms with E-state index in [0.29, 0.717) is 23.8 Å². The molecule has 0 radical (unpaired) electrons. The van der Waals surface area contributed by atoms with Gasteiger partial charge in [-0.15, -0.1) is 0 Å². The fraction of sp³-hybridized carbons (Fsp3) is 0.350. The third-order valence-electron chi connectivity index (χ3n) is 5.32.